The zero-order chi connectivity index (χ0) is 20.9. The molecule has 5 nitrogen and oxygen atoms in total. The van der Waals surface area contributed by atoms with E-state index >= 15 is 0 Å². The Morgan fingerprint density at radius 3 is 2.67 bits per heavy atom. The molecule has 0 atom stereocenters. The van der Waals surface area contributed by atoms with E-state index in [0.29, 0.717) is 30.6 Å². The number of carbonyl (C=O) groups is 1. The van der Waals surface area contributed by atoms with Gasteiger partial charge in [-0.1, -0.05) is 24.3 Å². The molecule has 0 unspecified atom stereocenters. The van der Waals surface area contributed by atoms with Crippen molar-refractivity contribution in [2.24, 2.45) is 4.99 Å². The van der Waals surface area contributed by atoms with Crippen LogP contribution in [0.4, 0.5) is 0 Å². The van der Waals surface area contributed by atoms with E-state index in [0.717, 1.165) is 16.0 Å². The van der Waals surface area contributed by atoms with E-state index in [2.05, 4.69) is 27.6 Å². The highest BCUT2D eigenvalue weighted by Gasteiger charge is 2.24. The molecule has 0 spiro atoms. The third-order valence-corrected chi connectivity index (χ3v) is 5.81. The molecule has 2 heterocycles. The first kappa shape index (κ1) is 20.6. The topological polar surface area (TPSA) is 57.1 Å². The quantitative estimate of drug-likeness (QED) is 0.224. The summed E-state index contributed by atoms with van der Waals surface area (Å²) in [5, 5.41) is 1.91. The molecule has 3 aromatic rings. The Morgan fingerprint density at radius 1 is 1.10 bits per heavy atom. The summed E-state index contributed by atoms with van der Waals surface area (Å²) >= 11 is 3.75. The number of halogens is 1. The smallest absolute Gasteiger partial charge is 0.363 e. The lowest BCUT2D eigenvalue weighted by molar-refractivity contribution is -0.129. The number of ether oxygens (including phenoxy) is 3. The zero-order valence-electron chi connectivity index (χ0n) is 16.1. The summed E-state index contributed by atoms with van der Waals surface area (Å²) in [6.07, 6.45) is 1.69. The van der Waals surface area contributed by atoms with Gasteiger partial charge < -0.3 is 14.2 Å². The molecule has 1 aliphatic heterocycles. The van der Waals surface area contributed by atoms with Crippen LogP contribution in [0.15, 0.2) is 70.7 Å². The SMILES string of the molecule is CCOc1cc(C=C2N=C(c3cccs3)OC2=O)ccc1OCc1ccc(I)cc1. The van der Waals surface area contributed by atoms with Crippen LogP contribution in [-0.2, 0) is 16.1 Å². The molecule has 1 aromatic heterocycles. The van der Waals surface area contributed by atoms with Gasteiger partial charge in [0.15, 0.2) is 17.2 Å². The predicted molar refractivity (Wildman–Crippen MR) is 126 cm³/mol. The Kier molecular flexibility index (Phi) is 6.49. The molecule has 2 aromatic carbocycles. The van der Waals surface area contributed by atoms with E-state index < -0.39 is 5.97 Å². The van der Waals surface area contributed by atoms with E-state index in [9.17, 15) is 4.79 Å². The van der Waals surface area contributed by atoms with Crippen LogP contribution in [0, 0.1) is 3.57 Å². The summed E-state index contributed by atoms with van der Waals surface area (Å²) in [5.74, 6) is 1.14. The average molecular weight is 531 g/mol. The normalized spacial score (nSPS) is 14.5. The summed E-state index contributed by atoms with van der Waals surface area (Å²) in [5.41, 5.74) is 2.12. The Hall–Kier alpha value is -2.65. The second kappa shape index (κ2) is 9.44. The Morgan fingerprint density at radius 2 is 1.93 bits per heavy atom. The molecule has 0 amide bonds. The van der Waals surface area contributed by atoms with Crippen LogP contribution in [0.5, 0.6) is 11.5 Å². The van der Waals surface area contributed by atoms with E-state index in [1.165, 1.54) is 14.9 Å². The lowest BCUT2D eigenvalue weighted by Gasteiger charge is -2.13. The third kappa shape index (κ3) is 4.91. The summed E-state index contributed by atoms with van der Waals surface area (Å²) in [6, 6.07) is 17.5. The first-order chi connectivity index (χ1) is 14.6. The van der Waals surface area contributed by atoms with E-state index in [-0.39, 0.29) is 5.70 Å². The van der Waals surface area contributed by atoms with Crippen molar-refractivity contribution in [2.75, 3.05) is 6.61 Å². The molecule has 0 fully saturated rings. The minimum atomic E-state index is -0.463. The molecule has 7 heteroatoms. The van der Waals surface area contributed by atoms with Gasteiger partial charge in [-0.3, -0.25) is 0 Å². The molecule has 0 saturated heterocycles. The van der Waals surface area contributed by atoms with E-state index in [1.54, 1.807) is 6.08 Å². The Balaban J connectivity index is 1.54. The lowest BCUT2D eigenvalue weighted by atomic mass is 10.1. The largest absolute Gasteiger partial charge is 0.490 e. The minimum Gasteiger partial charge on any atom is -0.490 e. The number of nitrogens with zero attached hydrogens (tertiary/aromatic N) is 1. The number of hydrogen-bond donors (Lipinski definition) is 0. The molecule has 0 bridgehead atoms. The van der Waals surface area contributed by atoms with Crippen LogP contribution >= 0.6 is 33.9 Å². The van der Waals surface area contributed by atoms with Crippen molar-refractivity contribution in [1.29, 1.82) is 0 Å². The van der Waals surface area contributed by atoms with Crippen molar-refractivity contribution in [3.8, 4) is 11.5 Å². The van der Waals surface area contributed by atoms with Crippen molar-refractivity contribution in [3.05, 3.63) is 85.2 Å². The van der Waals surface area contributed by atoms with Gasteiger partial charge in [-0.2, -0.15) is 0 Å². The second-order valence-corrected chi connectivity index (χ2v) is 8.56. The standard InChI is InChI=1S/C23H18INO4S/c1-2-27-20-13-16(7-10-19(20)28-14-15-5-8-17(24)9-6-15)12-18-23(26)29-22(25-18)21-4-3-11-30-21/h3-13H,2,14H2,1H3. The van der Waals surface area contributed by atoms with Gasteiger partial charge in [0.05, 0.1) is 11.5 Å². The molecule has 30 heavy (non-hydrogen) atoms. The Labute approximate surface area is 192 Å². The van der Waals surface area contributed by atoms with Gasteiger partial charge in [-0.05, 0) is 82.4 Å². The minimum absolute atomic E-state index is 0.258. The second-order valence-electron chi connectivity index (χ2n) is 6.37. The summed E-state index contributed by atoms with van der Waals surface area (Å²) < 4.78 is 18.2. The number of benzene rings is 2. The number of rotatable bonds is 7. The number of carbonyl (C=O) groups excluding carboxylic acids is 1. The van der Waals surface area contributed by atoms with Gasteiger partial charge >= 0.3 is 5.97 Å². The third-order valence-electron chi connectivity index (χ3n) is 4.23. The first-order valence-corrected chi connectivity index (χ1v) is 11.3. The van der Waals surface area contributed by atoms with Crippen molar-refractivity contribution >= 4 is 51.9 Å². The highest BCUT2D eigenvalue weighted by molar-refractivity contribution is 14.1. The molecule has 0 saturated carbocycles. The molecule has 4 rings (SSSR count). The Bertz CT molecular complexity index is 1100. The van der Waals surface area contributed by atoms with E-state index in [4.69, 9.17) is 14.2 Å². The van der Waals surface area contributed by atoms with Gasteiger partial charge in [0.25, 0.3) is 0 Å². The molecule has 0 aliphatic carbocycles. The fourth-order valence-corrected chi connectivity index (χ4v) is 3.82. The highest BCUT2D eigenvalue weighted by atomic mass is 127. The first-order valence-electron chi connectivity index (χ1n) is 9.33. The fraction of sp³-hybridized carbons (Fsp3) is 0.130. The van der Waals surface area contributed by atoms with Crippen LogP contribution in [0.1, 0.15) is 22.9 Å². The summed E-state index contributed by atoms with van der Waals surface area (Å²) in [7, 11) is 0. The number of hydrogen-bond acceptors (Lipinski definition) is 6. The maximum atomic E-state index is 12.2. The molecule has 1 aliphatic rings. The number of esters is 1. The van der Waals surface area contributed by atoms with Crippen molar-refractivity contribution in [2.45, 2.75) is 13.5 Å². The lowest BCUT2D eigenvalue weighted by Crippen LogP contribution is -2.03. The number of cyclic esters (lactones) is 1. The fourth-order valence-electron chi connectivity index (χ4n) is 2.82. The van der Waals surface area contributed by atoms with Crippen LogP contribution in [0.2, 0.25) is 0 Å². The van der Waals surface area contributed by atoms with Gasteiger partial charge in [0, 0.05) is 3.57 Å². The van der Waals surface area contributed by atoms with Crippen LogP contribution in [0.3, 0.4) is 0 Å². The van der Waals surface area contributed by atoms with Crippen molar-refractivity contribution in [3.63, 3.8) is 0 Å². The maximum absolute atomic E-state index is 12.2. The van der Waals surface area contributed by atoms with E-state index in [1.807, 2.05) is 66.9 Å². The predicted octanol–water partition coefficient (Wildman–Crippen LogP) is 5.67. The van der Waals surface area contributed by atoms with Crippen LogP contribution in [-0.4, -0.2) is 18.5 Å². The molecular formula is C23H18INO4S. The average Bonchev–Trinajstić information content (AvgIpc) is 3.39. The highest BCUT2D eigenvalue weighted by Crippen LogP contribution is 2.31. The number of thiophene rings is 1. The monoisotopic (exact) mass is 531 g/mol. The molecule has 0 N–H and O–H groups in total. The summed E-state index contributed by atoms with van der Waals surface area (Å²) in [6.45, 7) is 2.86. The van der Waals surface area contributed by atoms with Crippen LogP contribution < -0.4 is 9.47 Å². The van der Waals surface area contributed by atoms with Crippen LogP contribution in [0.25, 0.3) is 6.08 Å². The van der Waals surface area contributed by atoms with Crippen molar-refractivity contribution < 1.29 is 19.0 Å². The van der Waals surface area contributed by atoms with Gasteiger partial charge in [0.2, 0.25) is 5.90 Å². The number of aliphatic imine (C=N–C) groups is 1. The van der Waals surface area contributed by atoms with Gasteiger partial charge in [-0.25, -0.2) is 9.79 Å². The van der Waals surface area contributed by atoms with Crippen molar-refractivity contribution in [1.82, 2.24) is 0 Å². The molecular weight excluding hydrogens is 513 g/mol. The zero-order valence-corrected chi connectivity index (χ0v) is 19.1. The summed E-state index contributed by atoms with van der Waals surface area (Å²) in [4.78, 5) is 17.3. The van der Waals surface area contributed by atoms with Gasteiger partial charge in [0.1, 0.15) is 6.61 Å². The maximum Gasteiger partial charge on any atom is 0.363 e. The molecule has 152 valence electrons. The van der Waals surface area contributed by atoms with Gasteiger partial charge in [-0.15, -0.1) is 11.3 Å². The molecule has 0 radical (unpaired) electrons.